The van der Waals surface area contributed by atoms with Crippen molar-refractivity contribution in [1.29, 1.82) is 0 Å². The van der Waals surface area contributed by atoms with Crippen LogP contribution in [0.5, 0.6) is 11.6 Å². The van der Waals surface area contributed by atoms with Gasteiger partial charge in [0.25, 0.3) is 5.88 Å². The summed E-state index contributed by atoms with van der Waals surface area (Å²) in [7, 11) is 0. The van der Waals surface area contributed by atoms with Crippen LogP contribution in [-0.4, -0.2) is 60.0 Å². The van der Waals surface area contributed by atoms with Gasteiger partial charge < -0.3 is 24.5 Å². The minimum Gasteiger partial charge on any atom is -0.484 e. The molecule has 2 unspecified atom stereocenters. The number of piperazine rings is 1. The van der Waals surface area contributed by atoms with Crippen molar-refractivity contribution in [2.75, 3.05) is 32.8 Å². The van der Waals surface area contributed by atoms with Gasteiger partial charge in [0.1, 0.15) is 25.5 Å². The molecule has 0 radical (unpaired) electrons. The monoisotopic (exact) mass is 343 g/mol. The molecule has 2 atom stereocenters. The van der Waals surface area contributed by atoms with Crippen LogP contribution in [0.25, 0.3) is 0 Å². The molecule has 25 heavy (non-hydrogen) atoms. The maximum absolute atomic E-state index is 5.63. The average Bonchev–Trinajstić information content (AvgIpc) is 3.30. The summed E-state index contributed by atoms with van der Waals surface area (Å²) >= 11 is 0. The molecule has 1 saturated heterocycles. The van der Waals surface area contributed by atoms with Crippen LogP contribution in [0, 0.1) is 0 Å². The predicted octanol–water partition coefficient (Wildman–Crippen LogP) is 0.158. The van der Waals surface area contributed by atoms with Crippen molar-refractivity contribution in [3.05, 3.63) is 42.1 Å². The Morgan fingerprint density at radius 2 is 2.20 bits per heavy atom. The highest BCUT2D eigenvalue weighted by Crippen LogP contribution is 2.29. The number of fused-ring (bicyclic) bond motifs is 2. The molecule has 0 amide bonds. The Kier molecular flexibility index (Phi) is 3.64. The molecule has 1 aromatic heterocycles. The lowest BCUT2D eigenvalue weighted by molar-refractivity contribution is 0.0847. The minimum absolute atomic E-state index is 0.0338. The van der Waals surface area contributed by atoms with Gasteiger partial charge in [-0.05, 0) is 17.7 Å². The first-order valence-electron chi connectivity index (χ1n) is 8.63. The molecule has 1 fully saturated rings. The summed E-state index contributed by atoms with van der Waals surface area (Å²) < 4.78 is 16.7. The largest absolute Gasteiger partial charge is 0.484 e. The van der Waals surface area contributed by atoms with E-state index in [1.807, 2.05) is 18.5 Å². The quantitative estimate of drug-likeness (QED) is 0.804. The summed E-state index contributed by atoms with van der Waals surface area (Å²) in [5.74, 6) is 1.35. The van der Waals surface area contributed by atoms with Crippen LogP contribution in [0.3, 0.4) is 0 Å². The van der Waals surface area contributed by atoms with E-state index in [1.165, 1.54) is 5.70 Å². The summed E-state index contributed by atoms with van der Waals surface area (Å²) in [4.78, 5) is 6.79. The lowest BCUT2D eigenvalue weighted by atomic mass is 10.2. The van der Waals surface area contributed by atoms with Crippen LogP contribution in [0.2, 0.25) is 0 Å². The van der Waals surface area contributed by atoms with Crippen molar-refractivity contribution in [2.24, 2.45) is 0 Å². The molecule has 8 nitrogen and oxygen atoms in total. The van der Waals surface area contributed by atoms with Crippen LogP contribution in [-0.2, 0) is 11.3 Å². The number of aromatic nitrogens is 1. The van der Waals surface area contributed by atoms with Crippen molar-refractivity contribution < 1.29 is 14.2 Å². The Morgan fingerprint density at radius 3 is 3.12 bits per heavy atom. The van der Waals surface area contributed by atoms with Crippen molar-refractivity contribution in [3.63, 3.8) is 0 Å². The molecular weight excluding hydrogens is 322 g/mol. The zero-order valence-corrected chi connectivity index (χ0v) is 13.9. The summed E-state index contributed by atoms with van der Waals surface area (Å²) in [5, 5.41) is 5.43. The molecule has 0 aliphatic carbocycles. The fraction of sp³-hybridized carbons (Fsp3) is 0.471. The van der Waals surface area contributed by atoms with E-state index in [-0.39, 0.29) is 12.3 Å². The van der Waals surface area contributed by atoms with E-state index >= 15 is 0 Å². The lowest BCUT2D eigenvalue weighted by Crippen LogP contribution is -2.51. The SMILES string of the molecule is C1=COC(C2C=C3CN(Cc4cnc5c(c4)OCCO5)CCN3N2)N1. The Balaban J connectivity index is 1.25. The molecule has 132 valence electrons. The van der Waals surface area contributed by atoms with Gasteiger partial charge in [-0.2, -0.15) is 0 Å². The number of nitrogens with one attached hydrogen (secondary N) is 2. The maximum Gasteiger partial charge on any atom is 0.257 e. The zero-order chi connectivity index (χ0) is 16.6. The van der Waals surface area contributed by atoms with Crippen LogP contribution < -0.4 is 20.2 Å². The van der Waals surface area contributed by atoms with Crippen LogP contribution in [0.4, 0.5) is 0 Å². The third kappa shape index (κ3) is 2.87. The van der Waals surface area contributed by atoms with Gasteiger partial charge in [0, 0.05) is 44.3 Å². The molecule has 5 heterocycles. The highest BCUT2D eigenvalue weighted by molar-refractivity contribution is 5.37. The number of ether oxygens (including phenoxy) is 3. The molecule has 1 aromatic rings. The normalized spacial score (nSPS) is 27.5. The smallest absolute Gasteiger partial charge is 0.257 e. The van der Waals surface area contributed by atoms with Crippen molar-refractivity contribution in [2.45, 2.75) is 18.8 Å². The minimum atomic E-state index is -0.0338. The first-order valence-corrected chi connectivity index (χ1v) is 8.63. The molecule has 0 spiro atoms. The number of hydrazine groups is 1. The zero-order valence-electron chi connectivity index (χ0n) is 13.9. The molecule has 2 N–H and O–H groups in total. The summed E-state index contributed by atoms with van der Waals surface area (Å²) in [6.45, 7) is 4.84. The van der Waals surface area contributed by atoms with Gasteiger partial charge in [0.05, 0.1) is 0 Å². The van der Waals surface area contributed by atoms with Crippen LogP contribution in [0.1, 0.15) is 5.56 Å². The van der Waals surface area contributed by atoms with Crippen LogP contribution in [0.15, 0.2) is 36.5 Å². The predicted molar refractivity (Wildman–Crippen MR) is 89.4 cm³/mol. The number of hydrogen-bond acceptors (Lipinski definition) is 8. The Bertz CT molecular complexity index is 714. The standard InChI is InChI=1S/C17H21N5O3/c1-4-24-16(18-1)14-8-13-11-21(2-3-22(13)20-14)10-12-7-15-17(19-9-12)25-6-5-23-15/h1,4,7-9,14,16,18,20H,2-3,5-6,10-11H2. The number of rotatable bonds is 3. The molecule has 4 aliphatic rings. The van der Waals surface area contributed by atoms with Gasteiger partial charge in [0.2, 0.25) is 0 Å². The average molecular weight is 343 g/mol. The molecule has 4 aliphatic heterocycles. The lowest BCUT2D eigenvalue weighted by Gasteiger charge is -2.35. The molecular formula is C17H21N5O3. The van der Waals surface area contributed by atoms with Crippen LogP contribution >= 0.6 is 0 Å². The molecule has 0 saturated carbocycles. The Hall–Kier alpha value is -2.45. The topological polar surface area (TPSA) is 71.1 Å². The number of nitrogens with zero attached hydrogens (tertiary/aromatic N) is 3. The van der Waals surface area contributed by atoms with Crippen molar-refractivity contribution in [3.8, 4) is 11.6 Å². The molecule has 5 rings (SSSR count). The van der Waals surface area contributed by atoms with E-state index in [0.717, 1.165) is 37.5 Å². The molecule has 0 aromatic carbocycles. The van der Waals surface area contributed by atoms with Crippen molar-refractivity contribution >= 4 is 0 Å². The number of pyridine rings is 1. The third-order valence-corrected chi connectivity index (χ3v) is 4.79. The molecule has 0 bridgehead atoms. The van der Waals surface area contributed by atoms with E-state index in [1.54, 1.807) is 6.26 Å². The van der Waals surface area contributed by atoms with E-state index in [9.17, 15) is 0 Å². The second-order valence-electron chi connectivity index (χ2n) is 6.55. The Labute approximate surface area is 146 Å². The fourth-order valence-electron chi connectivity index (χ4n) is 3.59. The van der Waals surface area contributed by atoms with E-state index < -0.39 is 0 Å². The summed E-state index contributed by atoms with van der Waals surface area (Å²) in [5.41, 5.74) is 5.93. The van der Waals surface area contributed by atoms with E-state index in [0.29, 0.717) is 19.1 Å². The highest BCUT2D eigenvalue weighted by Gasteiger charge is 2.33. The maximum atomic E-state index is 5.63. The van der Waals surface area contributed by atoms with Gasteiger partial charge in [-0.1, -0.05) is 0 Å². The summed E-state index contributed by atoms with van der Waals surface area (Å²) in [6.07, 6.45) is 7.63. The fourth-order valence-corrected chi connectivity index (χ4v) is 3.59. The summed E-state index contributed by atoms with van der Waals surface area (Å²) in [6, 6.07) is 2.20. The van der Waals surface area contributed by atoms with Gasteiger partial charge in [0.15, 0.2) is 12.0 Å². The van der Waals surface area contributed by atoms with Gasteiger partial charge >= 0.3 is 0 Å². The first kappa shape index (κ1) is 14.9. The number of hydrogen-bond donors (Lipinski definition) is 2. The van der Waals surface area contributed by atoms with Crippen molar-refractivity contribution in [1.82, 2.24) is 25.6 Å². The highest BCUT2D eigenvalue weighted by atomic mass is 16.6. The van der Waals surface area contributed by atoms with E-state index in [2.05, 4.69) is 31.7 Å². The van der Waals surface area contributed by atoms with Gasteiger partial charge in [-0.25, -0.2) is 10.4 Å². The second-order valence-corrected chi connectivity index (χ2v) is 6.55. The third-order valence-electron chi connectivity index (χ3n) is 4.79. The molecule has 8 heteroatoms. The second kappa shape index (κ2) is 6.12. The Morgan fingerprint density at radius 1 is 1.24 bits per heavy atom. The van der Waals surface area contributed by atoms with Gasteiger partial charge in [-0.15, -0.1) is 0 Å². The van der Waals surface area contributed by atoms with E-state index in [4.69, 9.17) is 14.2 Å². The van der Waals surface area contributed by atoms with Gasteiger partial charge in [-0.3, -0.25) is 4.90 Å². The first-order chi connectivity index (χ1) is 12.3.